The molecule has 1 aliphatic rings. The molecular formula is C23H23F6N3O5S. The second-order valence-electron chi connectivity index (χ2n) is 8.51. The van der Waals surface area contributed by atoms with Gasteiger partial charge in [-0.05, 0) is 34.4 Å². The third-order valence-corrected chi connectivity index (χ3v) is 6.62. The number of benzene rings is 2. The van der Waals surface area contributed by atoms with E-state index in [1.165, 1.54) is 29.3 Å². The Kier molecular flexibility index (Phi) is 8.55. The van der Waals surface area contributed by atoms with Gasteiger partial charge in [0, 0.05) is 25.7 Å². The van der Waals surface area contributed by atoms with E-state index in [9.17, 15) is 40.1 Å². The highest BCUT2D eigenvalue weighted by atomic mass is 32.2. The number of halogens is 6. The zero-order valence-electron chi connectivity index (χ0n) is 19.7. The van der Waals surface area contributed by atoms with Crippen LogP contribution in [-0.4, -0.2) is 56.1 Å². The Morgan fingerprint density at radius 3 is 2.16 bits per heavy atom. The SMILES string of the molecule is CC(=O)N1Cc2cc(CS(=O)O)ccc2C1C(=O)Nc1ccc(C(NCCO)(C(F)(F)F)C(F)(F)F)cc1. The number of carbonyl (C=O) groups excluding carboxylic acids is 2. The van der Waals surface area contributed by atoms with Crippen molar-refractivity contribution in [3.63, 3.8) is 0 Å². The fourth-order valence-corrected chi connectivity index (χ4v) is 4.83. The number of hydrogen-bond acceptors (Lipinski definition) is 5. The van der Waals surface area contributed by atoms with Crippen LogP contribution in [0.2, 0.25) is 0 Å². The first-order valence-electron chi connectivity index (χ1n) is 11.0. The molecule has 0 saturated heterocycles. The van der Waals surface area contributed by atoms with Gasteiger partial charge in [0.05, 0.1) is 12.4 Å². The number of fused-ring (bicyclic) bond motifs is 1. The average molecular weight is 568 g/mol. The van der Waals surface area contributed by atoms with Crippen molar-refractivity contribution in [1.29, 1.82) is 0 Å². The number of alkyl halides is 6. The fourth-order valence-electron chi connectivity index (χ4n) is 4.36. The second kappa shape index (κ2) is 11.0. The van der Waals surface area contributed by atoms with Gasteiger partial charge in [-0.25, -0.2) is 4.21 Å². The summed E-state index contributed by atoms with van der Waals surface area (Å²) in [4.78, 5) is 26.5. The summed E-state index contributed by atoms with van der Waals surface area (Å²) in [5.41, 5.74) is -4.32. The number of aliphatic hydroxyl groups excluding tert-OH is 1. The molecule has 2 atom stereocenters. The highest BCUT2D eigenvalue weighted by Crippen LogP contribution is 2.50. The topological polar surface area (TPSA) is 119 Å². The molecule has 2 unspecified atom stereocenters. The van der Waals surface area contributed by atoms with Gasteiger partial charge >= 0.3 is 12.4 Å². The Morgan fingerprint density at radius 2 is 1.66 bits per heavy atom. The summed E-state index contributed by atoms with van der Waals surface area (Å²) in [7, 11) is 0. The minimum Gasteiger partial charge on any atom is -0.395 e. The van der Waals surface area contributed by atoms with Gasteiger partial charge < -0.3 is 19.9 Å². The number of carbonyl (C=O) groups is 2. The lowest BCUT2D eigenvalue weighted by Crippen LogP contribution is -2.63. The van der Waals surface area contributed by atoms with Crippen molar-refractivity contribution < 1.29 is 49.8 Å². The molecule has 3 rings (SSSR count). The van der Waals surface area contributed by atoms with Gasteiger partial charge in [-0.3, -0.25) is 14.9 Å². The molecule has 0 bridgehead atoms. The number of nitrogens with one attached hydrogen (secondary N) is 2. The molecule has 4 N–H and O–H groups in total. The molecule has 8 nitrogen and oxygen atoms in total. The van der Waals surface area contributed by atoms with E-state index in [4.69, 9.17) is 9.66 Å². The number of anilines is 1. The van der Waals surface area contributed by atoms with Gasteiger partial charge in [0.15, 0.2) is 11.1 Å². The van der Waals surface area contributed by atoms with Crippen LogP contribution in [0.3, 0.4) is 0 Å². The molecule has 2 aromatic rings. The number of hydrogen-bond donors (Lipinski definition) is 4. The third-order valence-electron chi connectivity index (χ3n) is 6.04. The molecule has 0 spiro atoms. The minimum absolute atomic E-state index is 0.0177. The fraction of sp³-hybridized carbons (Fsp3) is 0.391. The van der Waals surface area contributed by atoms with E-state index in [1.807, 2.05) is 0 Å². The third kappa shape index (κ3) is 5.70. The molecule has 208 valence electrons. The summed E-state index contributed by atoms with van der Waals surface area (Å²) in [6, 6.07) is 6.32. The van der Waals surface area contributed by atoms with E-state index >= 15 is 0 Å². The van der Waals surface area contributed by atoms with Crippen molar-refractivity contribution in [2.24, 2.45) is 0 Å². The normalized spacial score (nSPS) is 16.8. The molecule has 0 aliphatic carbocycles. The quantitative estimate of drug-likeness (QED) is 0.287. The van der Waals surface area contributed by atoms with Crippen LogP contribution in [0.5, 0.6) is 0 Å². The van der Waals surface area contributed by atoms with Crippen LogP contribution in [0, 0.1) is 0 Å². The lowest BCUT2D eigenvalue weighted by atomic mass is 9.87. The van der Waals surface area contributed by atoms with Gasteiger partial charge in [0.2, 0.25) is 11.4 Å². The smallest absolute Gasteiger partial charge is 0.395 e. The van der Waals surface area contributed by atoms with Gasteiger partial charge in [0.1, 0.15) is 6.04 Å². The molecule has 38 heavy (non-hydrogen) atoms. The van der Waals surface area contributed by atoms with E-state index in [0.717, 1.165) is 12.1 Å². The van der Waals surface area contributed by atoms with Crippen LogP contribution in [-0.2, 0) is 38.5 Å². The maximum absolute atomic E-state index is 13.8. The minimum atomic E-state index is -5.82. The summed E-state index contributed by atoms with van der Waals surface area (Å²) in [5.74, 6) is -1.40. The first-order chi connectivity index (χ1) is 17.6. The van der Waals surface area contributed by atoms with E-state index in [1.54, 1.807) is 6.07 Å². The van der Waals surface area contributed by atoms with Crippen LogP contribution in [0.25, 0.3) is 0 Å². The summed E-state index contributed by atoms with van der Waals surface area (Å²) >= 11 is -2.11. The zero-order valence-corrected chi connectivity index (χ0v) is 20.5. The highest BCUT2D eigenvalue weighted by molar-refractivity contribution is 7.78. The average Bonchev–Trinajstić information content (AvgIpc) is 3.17. The summed E-state index contributed by atoms with van der Waals surface area (Å²) < 4.78 is 103. The number of rotatable bonds is 8. The van der Waals surface area contributed by atoms with Crippen LogP contribution in [0.15, 0.2) is 42.5 Å². The molecule has 2 amide bonds. The number of nitrogens with zero attached hydrogens (tertiary/aromatic N) is 1. The predicted octanol–water partition coefficient (Wildman–Crippen LogP) is 3.35. The summed E-state index contributed by atoms with van der Waals surface area (Å²) in [5, 5.41) is 12.6. The van der Waals surface area contributed by atoms with Crippen molar-refractivity contribution in [3.05, 3.63) is 64.7 Å². The molecule has 0 fully saturated rings. The Morgan fingerprint density at radius 1 is 1.05 bits per heavy atom. The van der Waals surface area contributed by atoms with E-state index < -0.39 is 65.5 Å². The number of aliphatic hydroxyl groups is 1. The van der Waals surface area contributed by atoms with Crippen LogP contribution < -0.4 is 10.6 Å². The molecule has 0 aromatic heterocycles. The van der Waals surface area contributed by atoms with Crippen LogP contribution in [0.1, 0.15) is 35.2 Å². The van der Waals surface area contributed by atoms with E-state index in [-0.39, 0.29) is 18.0 Å². The summed E-state index contributed by atoms with van der Waals surface area (Å²) in [6.45, 7) is -0.728. The Balaban J connectivity index is 1.91. The van der Waals surface area contributed by atoms with Crippen molar-refractivity contribution in [1.82, 2.24) is 10.2 Å². The standard InChI is InChI=1S/C23H23F6N3O5S/c1-13(34)32-11-15-10-14(12-38(36)37)2-7-18(15)19(32)20(35)31-17-5-3-16(4-6-17)21(22(24,25)26,23(27,28)29)30-8-9-33/h2-7,10,19,30,33H,8-9,11-12H2,1H3,(H,31,35)(H,36,37). The van der Waals surface area contributed by atoms with Crippen LogP contribution in [0.4, 0.5) is 32.0 Å². The largest absolute Gasteiger partial charge is 0.419 e. The maximum Gasteiger partial charge on any atom is 0.419 e. The van der Waals surface area contributed by atoms with Crippen LogP contribution >= 0.6 is 0 Å². The zero-order chi connectivity index (χ0) is 28.5. The lowest BCUT2D eigenvalue weighted by molar-refractivity contribution is -0.314. The number of amides is 2. The first kappa shape index (κ1) is 29.5. The van der Waals surface area contributed by atoms with Crippen molar-refractivity contribution >= 4 is 28.6 Å². The summed E-state index contributed by atoms with van der Waals surface area (Å²) in [6.07, 6.45) is -11.6. The molecule has 1 heterocycles. The Hall–Kier alpha value is -3.01. The van der Waals surface area contributed by atoms with Crippen molar-refractivity contribution in [2.75, 3.05) is 18.5 Å². The van der Waals surface area contributed by atoms with Gasteiger partial charge in [-0.1, -0.05) is 30.3 Å². The monoisotopic (exact) mass is 567 g/mol. The first-order valence-corrected chi connectivity index (χ1v) is 12.3. The Bertz CT molecular complexity index is 1210. The predicted molar refractivity (Wildman–Crippen MR) is 124 cm³/mol. The maximum atomic E-state index is 13.8. The van der Waals surface area contributed by atoms with Crippen molar-refractivity contribution in [2.45, 2.75) is 43.2 Å². The Labute approximate surface area is 215 Å². The van der Waals surface area contributed by atoms with Gasteiger partial charge in [0.25, 0.3) is 5.91 Å². The second-order valence-corrected chi connectivity index (χ2v) is 9.44. The highest BCUT2D eigenvalue weighted by Gasteiger charge is 2.71. The molecule has 15 heteroatoms. The van der Waals surface area contributed by atoms with Gasteiger partial charge in [-0.15, -0.1) is 0 Å². The molecule has 2 aromatic carbocycles. The molecule has 0 saturated carbocycles. The van der Waals surface area contributed by atoms with Crippen molar-refractivity contribution in [3.8, 4) is 0 Å². The molecule has 0 radical (unpaired) electrons. The van der Waals surface area contributed by atoms with E-state index in [2.05, 4.69) is 5.32 Å². The lowest BCUT2D eigenvalue weighted by Gasteiger charge is -2.38. The van der Waals surface area contributed by atoms with Gasteiger partial charge in [-0.2, -0.15) is 26.3 Å². The molecular weight excluding hydrogens is 544 g/mol. The molecule has 1 aliphatic heterocycles. The van der Waals surface area contributed by atoms with E-state index in [0.29, 0.717) is 28.8 Å².